The van der Waals surface area contributed by atoms with Crippen molar-refractivity contribution in [3.63, 3.8) is 0 Å². The SMILES string of the molecule is COc1ccc(CN(C)C[C@@H]2OCCCC[C@@H](C)Oc3ccc(NC(=O)Nc4c(C)noc4C)cc3C(=O)N([C@@H](C)CO)C[C@H]2C)cc1. The average molecular weight is 666 g/mol. The summed E-state index contributed by atoms with van der Waals surface area (Å²) < 4.78 is 23.3. The number of anilines is 2. The predicted octanol–water partition coefficient (Wildman–Crippen LogP) is 5.87. The van der Waals surface area contributed by atoms with E-state index in [1.807, 2.05) is 26.0 Å². The van der Waals surface area contributed by atoms with Gasteiger partial charge in [0.25, 0.3) is 5.91 Å². The van der Waals surface area contributed by atoms with Gasteiger partial charge >= 0.3 is 6.03 Å². The maximum Gasteiger partial charge on any atom is 0.323 e. The molecule has 2 heterocycles. The molecule has 12 nitrogen and oxygen atoms in total. The Morgan fingerprint density at radius 3 is 2.56 bits per heavy atom. The van der Waals surface area contributed by atoms with Gasteiger partial charge in [-0.25, -0.2) is 4.79 Å². The molecule has 1 aliphatic heterocycles. The molecular formula is C36H51N5O7. The fraction of sp³-hybridized carbons (Fsp3) is 0.528. The Morgan fingerprint density at radius 2 is 1.90 bits per heavy atom. The van der Waals surface area contributed by atoms with E-state index in [1.165, 1.54) is 0 Å². The van der Waals surface area contributed by atoms with Crippen LogP contribution in [-0.4, -0.2) is 90.7 Å². The van der Waals surface area contributed by atoms with Crippen LogP contribution in [0.15, 0.2) is 47.0 Å². The number of nitrogens with zero attached hydrogens (tertiary/aromatic N) is 3. The van der Waals surface area contributed by atoms with Crippen LogP contribution in [0.4, 0.5) is 16.2 Å². The van der Waals surface area contributed by atoms with Crippen LogP contribution >= 0.6 is 0 Å². The number of amides is 3. The highest BCUT2D eigenvalue weighted by Gasteiger charge is 2.30. The molecule has 1 aliphatic rings. The Labute approximate surface area is 283 Å². The molecule has 262 valence electrons. The second kappa shape index (κ2) is 17.3. The molecule has 0 unspecified atom stereocenters. The molecule has 0 radical (unpaired) electrons. The molecule has 0 spiro atoms. The largest absolute Gasteiger partial charge is 0.497 e. The molecule has 1 aromatic heterocycles. The number of methoxy groups -OCH3 is 1. The van der Waals surface area contributed by atoms with E-state index in [0.29, 0.717) is 53.8 Å². The Hall–Kier alpha value is -4.13. The quantitative estimate of drug-likeness (QED) is 0.256. The van der Waals surface area contributed by atoms with Crippen LogP contribution < -0.4 is 20.1 Å². The smallest absolute Gasteiger partial charge is 0.323 e. The third-order valence-electron chi connectivity index (χ3n) is 8.68. The number of ether oxygens (including phenoxy) is 3. The summed E-state index contributed by atoms with van der Waals surface area (Å²) in [5.74, 6) is 1.37. The van der Waals surface area contributed by atoms with Gasteiger partial charge < -0.3 is 39.4 Å². The summed E-state index contributed by atoms with van der Waals surface area (Å²) in [6, 6.07) is 12.1. The number of carbonyl (C=O) groups is 2. The van der Waals surface area contributed by atoms with Crippen molar-refractivity contribution in [1.29, 1.82) is 0 Å². The minimum atomic E-state index is -0.500. The number of aliphatic hydroxyl groups is 1. The molecule has 2 aromatic carbocycles. The predicted molar refractivity (Wildman–Crippen MR) is 185 cm³/mol. The second-order valence-corrected chi connectivity index (χ2v) is 12.8. The van der Waals surface area contributed by atoms with Gasteiger partial charge in [0, 0.05) is 37.8 Å². The van der Waals surface area contributed by atoms with Crippen LogP contribution in [0.5, 0.6) is 11.5 Å². The standard InChI is InChI=1S/C36H51N5O7/c1-23-19-41(24(2)22-42)35(43)31-18-29(37-36(44)38-34-26(4)39-48-27(34)5)13-16-32(31)47-25(3)10-8-9-17-46-33(23)21-40(6)20-28-11-14-30(45-7)15-12-28/h11-16,18,23-25,33,42H,8-10,17,19-22H2,1-7H3,(H2,37,38,44)/t23-,24+,25-,33+/m1/s1. The summed E-state index contributed by atoms with van der Waals surface area (Å²) in [4.78, 5) is 31.2. The highest BCUT2D eigenvalue weighted by Crippen LogP contribution is 2.29. The molecule has 0 bridgehead atoms. The maximum atomic E-state index is 14.4. The lowest BCUT2D eigenvalue weighted by Gasteiger charge is -2.36. The number of aromatic nitrogens is 1. The molecule has 0 saturated heterocycles. The number of aryl methyl sites for hydroxylation is 2. The van der Waals surface area contributed by atoms with E-state index in [2.05, 4.69) is 46.8 Å². The van der Waals surface area contributed by atoms with E-state index in [4.69, 9.17) is 18.7 Å². The number of urea groups is 1. The number of carbonyl (C=O) groups excluding carboxylic acids is 2. The van der Waals surface area contributed by atoms with Crippen LogP contribution in [0.1, 0.15) is 67.4 Å². The van der Waals surface area contributed by atoms with Gasteiger partial charge in [0.1, 0.15) is 22.9 Å². The molecule has 0 aliphatic carbocycles. The minimum Gasteiger partial charge on any atom is -0.497 e. The van der Waals surface area contributed by atoms with Crippen molar-refractivity contribution in [2.45, 2.75) is 78.7 Å². The Balaban J connectivity index is 1.58. The minimum absolute atomic E-state index is 0.0605. The van der Waals surface area contributed by atoms with Gasteiger partial charge in [0.05, 0.1) is 37.5 Å². The van der Waals surface area contributed by atoms with Crippen LogP contribution in [0.25, 0.3) is 0 Å². The maximum absolute atomic E-state index is 14.4. The average Bonchev–Trinajstić information content (AvgIpc) is 3.38. The normalized spacial score (nSPS) is 20.0. The lowest BCUT2D eigenvalue weighted by Crippen LogP contribution is -2.47. The topological polar surface area (TPSA) is 139 Å². The van der Waals surface area contributed by atoms with E-state index in [-0.39, 0.29) is 30.6 Å². The summed E-state index contributed by atoms with van der Waals surface area (Å²) in [6.45, 7) is 11.5. The molecule has 48 heavy (non-hydrogen) atoms. The number of hydrogen-bond donors (Lipinski definition) is 3. The zero-order valence-corrected chi connectivity index (χ0v) is 29.2. The fourth-order valence-electron chi connectivity index (χ4n) is 5.81. The number of benzene rings is 2. The van der Waals surface area contributed by atoms with E-state index in [1.54, 1.807) is 44.1 Å². The van der Waals surface area contributed by atoms with Crippen LogP contribution in [0, 0.1) is 19.8 Å². The van der Waals surface area contributed by atoms with Gasteiger partial charge in [0.2, 0.25) is 0 Å². The first kappa shape index (κ1) is 36.7. The van der Waals surface area contributed by atoms with Crippen molar-refractivity contribution in [3.8, 4) is 11.5 Å². The van der Waals surface area contributed by atoms with Crippen molar-refractivity contribution in [3.05, 3.63) is 65.0 Å². The third-order valence-corrected chi connectivity index (χ3v) is 8.68. The van der Waals surface area contributed by atoms with Crippen LogP contribution in [0.3, 0.4) is 0 Å². The third kappa shape index (κ3) is 9.94. The zero-order valence-electron chi connectivity index (χ0n) is 29.2. The van der Waals surface area contributed by atoms with Crippen LogP contribution in [-0.2, 0) is 11.3 Å². The van der Waals surface area contributed by atoms with Gasteiger partial charge in [-0.2, -0.15) is 0 Å². The first-order valence-electron chi connectivity index (χ1n) is 16.7. The molecule has 4 atom stereocenters. The number of hydrogen-bond acceptors (Lipinski definition) is 9. The summed E-state index contributed by atoms with van der Waals surface area (Å²) >= 11 is 0. The van der Waals surface area contributed by atoms with Gasteiger partial charge in [-0.15, -0.1) is 0 Å². The van der Waals surface area contributed by atoms with E-state index in [9.17, 15) is 14.7 Å². The highest BCUT2D eigenvalue weighted by molar-refractivity contribution is 6.03. The molecule has 3 amide bonds. The molecule has 3 N–H and O–H groups in total. The number of rotatable bonds is 9. The first-order chi connectivity index (χ1) is 23.0. The first-order valence-corrected chi connectivity index (χ1v) is 16.7. The molecule has 12 heteroatoms. The molecule has 3 aromatic rings. The molecule has 0 saturated carbocycles. The van der Waals surface area contributed by atoms with Crippen molar-refractivity contribution in [2.24, 2.45) is 5.92 Å². The Kier molecular flexibility index (Phi) is 13.2. The van der Waals surface area contributed by atoms with E-state index < -0.39 is 12.1 Å². The van der Waals surface area contributed by atoms with Crippen molar-refractivity contribution >= 4 is 23.3 Å². The lowest BCUT2D eigenvalue weighted by molar-refractivity contribution is -0.0177. The second-order valence-electron chi connectivity index (χ2n) is 12.8. The van der Waals surface area contributed by atoms with Gasteiger partial charge in [-0.05, 0) is 89.9 Å². The highest BCUT2D eigenvalue weighted by atomic mass is 16.5. The Bertz CT molecular complexity index is 1470. The van der Waals surface area contributed by atoms with Gasteiger partial charge in [-0.3, -0.25) is 9.69 Å². The summed E-state index contributed by atoms with van der Waals surface area (Å²) in [5, 5.41) is 19.7. The molecular weight excluding hydrogens is 614 g/mol. The van der Waals surface area contributed by atoms with Gasteiger partial charge in [-0.1, -0.05) is 24.2 Å². The van der Waals surface area contributed by atoms with E-state index in [0.717, 1.165) is 37.1 Å². The number of fused-ring (bicyclic) bond motifs is 1. The monoisotopic (exact) mass is 665 g/mol. The summed E-state index contributed by atoms with van der Waals surface area (Å²) in [7, 11) is 3.72. The van der Waals surface area contributed by atoms with Crippen molar-refractivity contribution in [1.82, 2.24) is 15.0 Å². The Morgan fingerprint density at radius 1 is 1.15 bits per heavy atom. The number of likely N-dealkylation sites (N-methyl/N-ethyl adjacent to an activating group) is 1. The zero-order chi connectivity index (χ0) is 34.8. The van der Waals surface area contributed by atoms with Crippen LogP contribution in [0.2, 0.25) is 0 Å². The van der Waals surface area contributed by atoms with E-state index >= 15 is 0 Å². The van der Waals surface area contributed by atoms with Crippen molar-refractivity contribution < 1.29 is 33.4 Å². The molecule has 4 rings (SSSR count). The summed E-state index contributed by atoms with van der Waals surface area (Å²) in [5.41, 5.74) is 2.92. The molecule has 0 fully saturated rings. The fourth-order valence-corrected chi connectivity index (χ4v) is 5.81. The van der Waals surface area contributed by atoms with Gasteiger partial charge in [0.15, 0.2) is 5.76 Å². The lowest BCUT2D eigenvalue weighted by atomic mass is 10.0. The number of aliphatic hydroxyl groups excluding tert-OH is 1. The van der Waals surface area contributed by atoms with Crippen molar-refractivity contribution in [2.75, 3.05) is 51.1 Å². The summed E-state index contributed by atoms with van der Waals surface area (Å²) in [6.07, 6.45) is 2.25. The number of nitrogens with one attached hydrogen (secondary N) is 2.